The number of β-amino-alcohol motifs (C(OH)–C–C–N with tert-alkyl or cyclic N) is 1. The summed E-state index contributed by atoms with van der Waals surface area (Å²) in [6.45, 7) is 11.0. The fraction of sp³-hybridized carbons (Fsp3) is 0.741. The van der Waals surface area contributed by atoms with Gasteiger partial charge in [-0.2, -0.15) is 0 Å². The highest BCUT2D eigenvalue weighted by molar-refractivity contribution is 5.96. The minimum absolute atomic E-state index is 0. The van der Waals surface area contributed by atoms with E-state index in [1.165, 1.54) is 12.8 Å². The molecule has 1 aromatic rings. The SMILES string of the molecule is COCCCCOc1ccccc1C(=O)NCC(CC(N)C(O)CN1CCC(C)CC1)C(C)C.Cl.Cl. The molecule has 1 aliphatic rings. The van der Waals surface area contributed by atoms with E-state index in [9.17, 15) is 9.90 Å². The molecule has 1 saturated heterocycles. The third-order valence-corrected chi connectivity index (χ3v) is 6.99. The summed E-state index contributed by atoms with van der Waals surface area (Å²) in [6.07, 6.45) is 4.26. The van der Waals surface area contributed by atoms with E-state index in [0.29, 0.717) is 50.0 Å². The average molecular weight is 551 g/mol. The molecule has 9 heteroatoms. The Morgan fingerprint density at radius 1 is 1.17 bits per heavy atom. The summed E-state index contributed by atoms with van der Waals surface area (Å²) in [5, 5.41) is 13.8. The maximum Gasteiger partial charge on any atom is 0.255 e. The van der Waals surface area contributed by atoms with Crippen LogP contribution in [-0.4, -0.2) is 74.6 Å². The van der Waals surface area contributed by atoms with E-state index in [4.69, 9.17) is 15.2 Å². The van der Waals surface area contributed by atoms with Gasteiger partial charge in [-0.3, -0.25) is 4.79 Å². The summed E-state index contributed by atoms with van der Waals surface area (Å²) >= 11 is 0. The van der Waals surface area contributed by atoms with Gasteiger partial charge in [0.15, 0.2) is 0 Å². The Morgan fingerprint density at radius 2 is 1.81 bits per heavy atom. The lowest BCUT2D eigenvalue weighted by atomic mass is 9.87. The molecule has 1 amide bonds. The van der Waals surface area contributed by atoms with Gasteiger partial charge < -0.3 is 30.5 Å². The third-order valence-electron chi connectivity index (χ3n) is 6.99. The lowest BCUT2D eigenvalue weighted by Gasteiger charge is -2.34. The van der Waals surface area contributed by atoms with Gasteiger partial charge in [0, 0.05) is 32.8 Å². The molecule has 1 fully saturated rings. The Morgan fingerprint density at radius 3 is 2.44 bits per heavy atom. The molecule has 210 valence electrons. The summed E-state index contributed by atoms with van der Waals surface area (Å²) in [4.78, 5) is 15.3. The van der Waals surface area contributed by atoms with Crippen molar-refractivity contribution in [1.82, 2.24) is 10.2 Å². The number of benzene rings is 1. The highest BCUT2D eigenvalue weighted by Gasteiger charge is 2.26. The van der Waals surface area contributed by atoms with Gasteiger partial charge in [0.2, 0.25) is 0 Å². The number of aliphatic hydroxyl groups is 1. The van der Waals surface area contributed by atoms with Crippen molar-refractivity contribution in [2.75, 3.05) is 46.5 Å². The predicted octanol–water partition coefficient (Wildman–Crippen LogP) is 4.15. The Balaban J connectivity index is 0.00000612. The number of carbonyl (C=O) groups excluding carboxylic acids is 1. The van der Waals surface area contributed by atoms with Crippen LogP contribution in [0.5, 0.6) is 5.75 Å². The molecule has 4 N–H and O–H groups in total. The standard InChI is InChI=1S/C27H47N3O4.2ClH/c1-20(2)22(17-24(28)25(31)19-30-13-11-21(3)12-14-30)18-29-27(32)23-9-5-6-10-26(23)34-16-8-7-15-33-4;;/h5-6,9-10,20-22,24-25,31H,7-8,11-19,28H2,1-4H3,(H,29,32);2*1H. The van der Waals surface area contributed by atoms with Crippen LogP contribution in [0.3, 0.4) is 0 Å². The molecule has 0 bridgehead atoms. The molecule has 36 heavy (non-hydrogen) atoms. The maximum atomic E-state index is 12.9. The Hall–Kier alpha value is -1.09. The van der Waals surface area contributed by atoms with E-state index in [2.05, 4.69) is 31.0 Å². The Kier molecular flexibility index (Phi) is 18.5. The van der Waals surface area contributed by atoms with Gasteiger partial charge in [-0.05, 0) is 75.1 Å². The first-order valence-electron chi connectivity index (χ1n) is 13.0. The number of aliphatic hydroxyl groups excluding tert-OH is 1. The zero-order valence-electron chi connectivity index (χ0n) is 22.5. The Bertz CT molecular complexity index is 718. The second-order valence-electron chi connectivity index (χ2n) is 10.2. The molecule has 0 saturated carbocycles. The molecule has 0 aromatic heterocycles. The summed E-state index contributed by atoms with van der Waals surface area (Å²) in [6, 6.07) is 7.03. The number of piperidine rings is 1. The minimum atomic E-state index is -0.558. The number of halogens is 2. The predicted molar refractivity (Wildman–Crippen MR) is 152 cm³/mol. The molecule has 2 rings (SSSR count). The first-order valence-corrected chi connectivity index (χ1v) is 13.0. The molecule has 7 nitrogen and oxygen atoms in total. The lowest BCUT2D eigenvalue weighted by Crippen LogP contribution is -2.47. The average Bonchev–Trinajstić information content (AvgIpc) is 2.82. The summed E-state index contributed by atoms with van der Waals surface area (Å²) in [5.41, 5.74) is 6.96. The van der Waals surface area contributed by atoms with Gasteiger partial charge in [-0.1, -0.05) is 32.9 Å². The number of amides is 1. The van der Waals surface area contributed by atoms with Crippen LogP contribution in [0.2, 0.25) is 0 Å². The molecule has 1 aromatic carbocycles. The van der Waals surface area contributed by atoms with Crippen LogP contribution in [0.1, 0.15) is 63.2 Å². The summed E-state index contributed by atoms with van der Waals surface area (Å²) < 4.78 is 10.9. The van der Waals surface area contributed by atoms with Crippen molar-refractivity contribution in [3.05, 3.63) is 29.8 Å². The third kappa shape index (κ3) is 12.4. The highest BCUT2D eigenvalue weighted by Crippen LogP contribution is 2.22. The number of nitrogens with two attached hydrogens (primary N) is 1. The van der Waals surface area contributed by atoms with E-state index in [0.717, 1.165) is 31.8 Å². The highest BCUT2D eigenvalue weighted by atomic mass is 35.5. The van der Waals surface area contributed by atoms with Gasteiger partial charge >= 0.3 is 0 Å². The van der Waals surface area contributed by atoms with Crippen molar-refractivity contribution in [1.29, 1.82) is 0 Å². The minimum Gasteiger partial charge on any atom is -0.493 e. The number of para-hydroxylation sites is 1. The topological polar surface area (TPSA) is 97.0 Å². The molecular formula is C27H49Cl2N3O4. The molecule has 1 heterocycles. The fourth-order valence-electron chi connectivity index (χ4n) is 4.37. The number of rotatable bonds is 15. The summed E-state index contributed by atoms with van der Waals surface area (Å²) in [7, 11) is 1.69. The van der Waals surface area contributed by atoms with Crippen LogP contribution in [0.4, 0.5) is 0 Å². The van der Waals surface area contributed by atoms with Crippen LogP contribution >= 0.6 is 24.8 Å². The number of nitrogens with zero attached hydrogens (tertiary/aromatic N) is 1. The van der Waals surface area contributed by atoms with E-state index in [-0.39, 0.29) is 42.7 Å². The molecule has 0 radical (unpaired) electrons. The van der Waals surface area contributed by atoms with E-state index >= 15 is 0 Å². The van der Waals surface area contributed by atoms with Crippen molar-refractivity contribution in [2.45, 2.75) is 65.0 Å². The van der Waals surface area contributed by atoms with Crippen LogP contribution in [0.15, 0.2) is 24.3 Å². The molecule has 3 unspecified atom stereocenters. The van der Waals surface area contributed by atoms with Gasteiger partial charge in [0.05, 0.1) is 18.3 Å². The van der Waals surface area contributed by atoms with Crippen molar-refractivity contribution in [2.24, 2.45) is 23.5 Å². The second-order valence-corrected chi connectivity index (χ2v) is 10.2. The molecule has 0 aliphatic carbocycles. The monoisotopic (exact) mass is 549 g/mol. The van der Waals surface area contributed by atoms with Crippen LogP contribution in [-0.2, 0) is 4.74 Å². The van der Waals surface area contributed by atoms with Crippen LogP contribution in [0.25, 0.3) is 0 Å². The number of ether oxygens (including phenoxy) is 2. The smallest absolute Gasteiger partial charge is 0.255 e. The molecule has 0 spiro atoms. The molecular weight excluding hydrogens is 501 g/mol. The van der Waals surface area contributed by atoms with Gasteiger partial charge in [0.1, 0.15) is 5.75 Å². The zero-order valence-corrected chi connectivity index (χ0v) is 24.1. The van der Waals surface area contributed by atoms with Crippen LogP contribution < -0.4 is 15.8 Å². The summed E-state index contributed by atoms with van der Waals surface area (Å²) in [5.74, 6) is 1.73. The quantitative estimate of drug-likeness (QED) is 0.284. The number of nitrogens with one attached hydrogen (secondary N) is 1. The van der Waals surface area contributed by atoms with E-state index in [1.807, 2.05) is 18.2 Å². The zero-order chi connectivity index (χ0) is 24.9. The van der Waals surface area contributed by atoms with Crippen LogP contribution in [0, 0.1) is 17.8 Å². The number of hydrogen-bond acceptors (Lipinski definition) is 6. The molecule has 1 aliphatic heterocycles. The number of methoxy groups -OCH3 is 1. The first kappa shape index (κ1) is 34.9. The fourth-order valence-corrected chi connectivity index (χ4v) is 4.37. The van der Waals surface area contributed by atoms with Gasteiger partial charge in [-0.15, -0.1) is 24.8 Å². The maximum absolute atomic E-state index is 12.9. The van der Waals surface area contributed by atoms with Gasteiger partial charge in [0.25, 0.3) is 5.91 Å². The first-order chi connectivity index (χ1) is 16.3. The number of unbranched alkanes of at least 4 members (excludes halogenated alkanes) is 1. The number of hydrogen-bond donors (Lipinski definition) is 3. The lowest BCUT2D eigenvalue weighted by molar-refractivity contribution is 0.0653. The number of likely N-dealkylation sites (tertiary alicyclic amines) is 1. The largest absolute Gasteiger partial charge is 0.493 e. The van der Waals surface area contributed by atoms with Gasteiger partial charge in [-0.25, -0.2) is 0 Å². The normalized spacial score (nSPS) is 17.0. The van der Waals surface area contributed by atoms with Crippen molar-refractivity contribution < 1.29 is 19.4 Å². The van der Waals surface area contributed by atoms with E-state index in [1.54, 1.807) is 13.2 Å². The van der Waals surface area contributed by atoms with E-state index < -0.39 is 6.10 Å². The Labute approximate surface area is 230 Å². The van der Waals surface area contributed by atoms with Crippen molar-refractivity contribution >= 4 is 30.7 Å². The number of carbonyl (C=O) groups is 1. The van der Waals surface area contributed by atoms with Crippen molar-refractivity contribution in [3.63, 3.8) is 0 Å². The second kappa shape index (κ2) is 19.0. The molecule has 3 atom stereocenters. The van der Waals surface area contributed by atoms with Crippen molar-refractivity contribution in [3.8, 4) is 5.75 Å².